The summed E-state index contributed by atoms with van der Waals surface area (Å²) < 4.78 is 0. The zero-order chi connectivity index (χ0) is 21.1. The van der Waals surface area contributed by atoms with Crippen LogP contribution in [-0.4, -0.2) is 45.4 Å². The van der Waals surface area contributed by atoms with Gasteiger partial charge in [0.2, 0.25) is 0 Å². The molecule has 1 N–H and O–H groups in total. The number of aliphatic carboxylic acids is 1. The number of rotatable bonds is 6. The summed E-state index contributed by atoms with van der Waals surface area (Å²) in [7, 11) is 0. The maximum atomic E-state index is 12.8. The fraction of sp³-hybridized carbons (Fsp3) is 0.375. The van der Waals surface area contributed by atoms with Crippen LogP contribution in [0.1, 0.15) is 43.2 Å². The lowest BCUT2D eigenvalue weighted by Gasteiger charge is -2.29. The molecule has 1 heterocycles. The standard InChI is InChI=1S/C24H26N2O4/c27-22-16-25(24(30)26(22)21-4-2-1-3-5-21)15-18-8-12-20(13-9-18)19-10-6-17(7-11-19)14-23(28)29/h6-13,21H,1-5,14-16H2,(H,28,29). The molecule has 6 nitrogen and oxygen atoms in total. The van der Waals surface area contributed by atoms with Gasteiger partial charge in [-0.25, -0.2) is 4.79 Å². The third-order valence-electron chi connectivity index (χ3n) is 5.98. The molecule has 6 heteroatoms. The Labute approximate surface area is 176 Å². The van der Waals surface area contributed by atoms with Crippen molar-refractivity contribution in [2.45, 2.75) is 51.1 Å². The van der Waals surface area contributed by atoms with Crippen LogP contribution in [0, 0.1) is 0 Å². The van der Waals surface area contributed by atoms with E-state index in [-0.39, 0.29) is 30.9 Å². The fourth-order valence-electron chi connectivity index (χ4n) is 4.40. The lowest BCUT2D eigenvalue weighted by Crippen LogP contribution is -2.42. The average Bonchev–Trinajstić information content (AvgIpc) is 3.02. The number of carbonyl (C=O) groups is 3. The minimum Gasteiger partial charge on any atom is -0.481 e. The maximum absolute atomic E-state index is 12.8. The molecule has 2 aromatic rings. The first-order chi connectivity index (χ1) is 14.5. The molecule has 2 aliphatic rings. The zero-order valence-corrected chi connectivity index (χ0v) is 16.9. The van der Waals surface area contributed by atoms with Crippen LogP contribution in [0.2, 0.25) is 0 Å². The second-order valence-corrected chi connectivity index (χ2v) is 8.16. The predicted molar refractivity (Wildman–Crippen MR) is 113 cm³/mol. The van der Waals surface area contributed by atoms with Gasteiger partial charge in [-0.2, -0.15) is 0 Å². The summed E-state index contributed by atoms with van der Waals surface area (Å²) in [5.41, 5.74) is 3.77. The first kappa shape index (κ1) is 20.1. The van der Waals surface area contributed by atoms with Gasteiger partial charge in [0.25, 0.3) is 5.91 Å². The SMILES string of the molecule is O=C(O)Cc1ccc(-c2ccc(CN3CC(=O)N(C4CCCCC4)C3=O)cc2)cc1. The van der Waals surface area contributed by atoms with Crippen molar-refractivity contribution in [2.75, 3.05) is 6.54 Å². The summed E-state index contributed by atoms with van der Waals surface area (Å²) in [6, 6.07) is 15.3. The highest BCUT2D eigenvalue weighted by atomic mass is 16.4. The van der Waals surface area contributed by atoms with Crippen LogP contribution in [-0.2, 0) is 22.6 Å². The van der Waals surface area contributed by atoms with E-state index in [1.54, 1.807) is 4.90 Å². The fourth-order valence-corrected chi connectivity index (χ4v) is 4.40. The van der Waals surface area contributed by atoms with Crippen LogP contribution in [0.4, 0.5) is 4.79 Å². The Morgan fingerprint density at radius 3 is 2.00 bits per heavy atom. The van der Waals surface area contributed by atoms with E-state index in [0.29, 0.717) is 6.54 Å². The lowest BCUT2D eigenvalue weighted by atomic mass is 9.94. The summed E-state index contributed by atoms with van der Waals surface area (Å²) in [5, 5.41) is 8.87. The monoisotopic (exact) mass is 406 g/mol. The van der Waals surface area contributed by atoms with Crippen molar-refractivity contribution < 1.29 is 19.5 Å². The van der Waals surface area contributed by atoms with E-state index in [1.165, 1.54) is 11.3 Å². The lowest BCUT2D eigenvalue weighted by molar-refractivity contribution is -0.136. The summed E-state index contributed by atoms with van der Waals surface area (Å²) in [6.07, 6.45) is 5.21. The van der Waals surface area contributed by atoms with Crippen molar-refractivity contribution in [1.29, 1.82) is 0 Å². The van der Waals surface area contributed by atoms with Crippen molar-refractivity contribution in [1.82, 2.24) is 9.80 Å². The second kappa shape index (κ2) is 8.69. The number of hydrogen-bond donors (Lipinski definition) is 1. The highest BCUT2D eigenvalue weighted by Gasteiger charge is 2.40. The van der Waals surface area contributed by atoms with Crippen LogP contribution in [0.5, 0.6) is 0 Å². The second-order valence-electron chi connectivity index (χ2n) is 8.16. The van der Waals surface area contributed by atoms with E-state index in [2.05, 4.69) is 0 Å². The summed E-state index contributed by atoms with van der Waals surface area (Å²) in [4.78, 5) is 39.2. The van der Waals surface area contributed by atoms with Gasteiger partial charge in [0, 0.05) is 12.6 Å². The van der Waals surface area contributed by atoms with Crippen LogP contribution in [0.25, 0.3) is 11.1 Å². The van der Waals surface area contributed by atoms with Crippen LogP contribution >= 0.6 is 0 Å². The van der Waals surface area contributed by atoms with Crippen LogP contribution in [0.15, 0.2) is 48.5 Å². The summed E-state index contributed by atoms with van der Waals surface area (Å²) >= 11 is 0. The number of carboxylic acid groups (broad SMARTS) is 1. The zero-order valence-electron chi connectivity index (χ0n) is 16.9. The number of carboxylic acids is 1. The molecule has 2 aromatic carbocycles. The molecule has 0 atom stereocenters. The average molecular weight is 406 g/mol. The molecule has 156 valence electrons. The van der Waals surface area contributed by atoms with Crippen molar-refractivity contribution in [3.63, 3.8) is 0 Å². The topological polar surface area (TPSA) is 77.9 Å². The molecule has 2 fully saturated rings. The van der Waals surface area contributed by atoms with Crippen molar-refractivity contribution in [3.8, 4) is 11.1 Å². The Morgan fingerprint density at radius 2 is 1.43 bits per heavy atom. The molecule has 0 radical (unpaired) electrons. The molecule has 0 bridgehead atoms. The Morgan fingerprint density at radius 1 is 0.867 bits per heavy atom. The predicted octanol–water partition coefficient (Wildman–Crippen LogP) is 4.08. The molecule has 1 saturated heterocycles. The van der Waals surface area contributed by atoms with Crippen molar-refractivity contribution >= 4 is 17.9 Å². The highest BCUT2D eigenvalue weighted by Crippen LogP contribution is 2.27. The van der Waals surface area contributed by atoms with E-state index in [0.717, 1.165) is 47.9 Å². The number of amides is 3. The van der Waals surface area contributed by atoms with Gasteiger partial charge in [0.1, 0.15) is 6.54 Å². The van der Waals surface area contributed by atoms with Gasteiger partial charge >= 0.3 is 12.0 Å². The molecule has 0 spiro atoms. The van der Waals surface area contributed by atoms with Gasteiger partial charge in [0.05, 0.1) is 6.42 Å². The quantitative estimate of drug-likeness (QED) is 0.734. The first-order valence-corrected chi connectivity index (χ1v) is 10.5. The first-order valence-electron chi connectivity index (χ1n) is 10.5. The van der Waals surface area contributed by atoms with Crippen LogP contribution in [0.3, 0.4) is 0 Å². The molecule has 1 saturated carbocycles. The Hall–Kier alpha value is -3.15. The minimum atomic E-state index is -0.843. The van der Waals surface area contributed by atoms with Gasteiger partial charge in [-0.05, 0) is 35.1 Å². The number of urea groups is 1. The Balaban J connectivity index is 1.40. The Kier molecular flexibility index (Phi) is 5.84. The molecule has 1 aliphatic carbocycles. The molecule has 30 heavy (non-hydrogen) atoms. The smallest absolute Gasteiger partial charge is 0.327 e. The summed E-state index contributed by atoms with van der Waals surface area (Å²) in [6.45, 7) is 0.577. The number of nitrogens with zero attached hydrogens (tertiary/aromatic N) is 2. The molecular weight excluding hydrogens is 380 g/mol. The number of benzene rings is 2. The van der Waals surface area contributed by atoms with E-state index in [4.69, 9.17) is 5.11 Å². The highest BCUT2D eigenvalue weighted by molar-refractivity contribution is 6.02. The van der Waals surface area contributed by atoms with Gasteiger partial charge < -0.3 is 10.0 Å². The van der Waals surface area contributed by atoms with E-state index in [1.807, 2.05) is 48.5 Å². The molecular formula is C24H26N2O4. The molecule has 0 unspecified atom stereocenters. The summed E-state index contributed by atoms with van der Waals surface area (Å²) in [5.74, 6) is -0.922. The third kappa shape index (κ3) is 4.37. The Bertz CT molecular complexity index is 931. The van der Waals surface area contributed by atoms with Gasteiger partial charge in [-0.3, -0.25) is 14.5 Å². The molecule has 3 amide bonds. The number of carbonyl (C=O) groups excluding carboxylic acids is 2. The number of imide groups is 1. The van der Waals surface area contributed by atoms with Gasteiger partial charge in [0.15, 0.2) is 0 Å². The van der Waals surface area contributed by atoms with E-state index in [9.17, 15) is 14.4 Å². The van der Waals surface area contributed by atoms with E-state index >= 15 is 0 Å². The normalized spacial score (nSPS) is 17.6. The van der Waals surface area contributed by atoms with Crippen molar-refractivity contribution in [2.24, 2.45) is 0 Å². The minimum absolute atomic E-state index is 0.0136. The third-order valence-corrected chi connectivity index (χ3v) is 5.98. The van der Waals surface area contributed by atoms with Crippen molar-refractivity contribution in [3.05, 3.63) is 59.7 Å². The van der Waals surface area contributed by atoms with Crippen LogP contribution < -0.4 is 0 Å². The van der Waals surface area contributed by atoms with E-state index < -0.39 is 5.97 Å². The van der Waals surface area contributed by atoms with Gasteiger partial charge in [-0.1, -0.05) is 67.8 Å². The maximum Gasteiger partial charge on any atom is 0.327 e. The molecule has 1 aliphatic heterocycles. The largest absolute Gasteiger partial charge is 0.481 e. The van der Waals surface area contributed by atoms with Gasteiger partial charge in [-0.15, -0.1) is 0 Å². The molecule has 4 rings (SSSR count). The number of hydrogen-bond acceptors (Lipinski definition) is 3. The molecule has 0 aromatic heterocycles.